The summed E-state index contributed by atoms with van der Waals surface area (Å²) in [5.41, 5.74) is 0. The number of rotatable bonds is 5. The van der Waals surface area contributed by atoms with Crippen LogP contribution in [0.5, 0.6) is 0 Å². The summed E-state index contributed by atoms with van der Waals surface area (Å²) in [6.45, 7) is 4.39. The van der Waals surface area contributed by atoms with Gasteiger partial charge >= 0.3 is 5.97 Å². The zero-order valence-corrected chi connectivity index (χ0v) is 9.24. The summed E-state index contributed by atoms with van der Waals surface area (Å²) in [4.78, 5) is 11.3. The van der Waals surface area contributed by atoms with Crippen molar-refractivity contribution in [2.45, 2.75) is 13.8 Å². The number of hydrogen-bond donors (Lipinski definition) is 0. The van der Waals surface area contributed by atoms with Gasteiger partial charge in [-0.15, -0.1) is 0 Å². The lowest BCUT2D eigenvalue weighted by Gasteiger charge is -2.05. The van der Waals surface area contributed by atoms with Gasteiger partial charge in [0.15, 0.2) is 6.21 Å². The van der Waals surface area contributed by atoms with Gasteiger partial charge < -0.3 is 9.47 Å². The predicted molar refractivity (Wildman–Crippen MR) is 54.5 cm³/mol. The van der Waals surface area contributed by atoms with Crippen molar-refractivity contribution in [3.63, 3.8) is 0 Å². The molecule has 0 aliphatic rings. The van der Waals surface area contributed by atoms with Crippen molar-refractivity contribution in [3.8, 4) is 0 Å². The molecule has 0 unspecified atom stereocenters. The maximum Gasteiger partial charge on any atom is 0.373 e. The molecule has 0 saturated heterocycles. The topological polar surface area (TPSA) is 38.5 Å². The molecule has 0 aliphatic heterocycles. The second-order valence-electron chi connectivity index (χ2n) is 2.80. The largest absolute Gasteiger partial charge is 0.487 e. The minimum absolute atomic E-state index is 0.239. The lowest BCUT2D eigenvalue weighted by atomic mass is 10.4. The van der Waals surface area contributed by atoms with Gasteiger partial charge in [0, 0.05) is 0 Å². The SMILES string of the molecule is CCOC(=O)C(=CC=[N+](C)C)OCC. The molecule has 0 N–H and O–H groups in total. The Morgan fingerprint density at radius 1 is 1.21 bits per heavy atom. The molecule has 14 heavy (non-hydrogen) atoms. The first kappa shape index (κ1) is 12.7. The molecular formula is C10H18NO3+. The average molecular weight is 200 g/mol. The van der Waals surface area contributed by atoms with Gasteiger partial charge in [-0.05, 0) is 13.8 Å². The summed E-state index contributed by atoms with van der Waals surface area (Å²) >= 11 is 0. The summed E-state index contributed by atoms with van der Waals surface area (Å²) in [5.74, 6) is -0.185. The third-order valence-corrected chi connectivity index (χ3v) is 1.30. The lowest BCUT2D eigenvalue weighted by Crippen LogP contribution is -2.11. The maximum absolute atomic E-state index is 11.3. The zero-order valence-electron chi connectivity index (χ0n) is 9.24. The quantitative estimate of drug-likeness (QED) is 0.217. The van der Waals surface area contributed by atoms with Crippen molar-refractivity contribution >= 4 is 12.2 Å². The van der Waals surface area contributed by atoms with Crippen LogP contribution in [0, 0.1) is 0 Å². The summed E-state index contributed by atoms with van der Waals surface area (Å²) in [7, 11) is 3.73. The fourth-order valence-corrected chi connectivity index (χ4v) is 0.750. The fraction of sp³-hybridized carbons (Fsp3) is 0.600. The molecule has 0 aromatic heterocycles. The van der Waals surface area contributed by atoms with Gasteiger partial charge in [-0.3, -0.25) is 0 Å². The number of ether oxygens (including phenoxy) is 2. The molecule has 0 aromatic carbocycles. The van der Waals surface area contributed by atoms with Gasteiger partial charge in [-0.25, -0.2) is 9.37 Å². The molecule has 0 aromatic rings. The molecule has 80 valence electrons. The van der Waals surface area contributed by atoms with Crippen molar-refractivity contribution in [1.29, 1.82) is 0 Å². The average Bonchev–Trinajstić information content (AvgIpc) is 2.12. The van der Waals surface area contributed by atoms with Gasteiger partial charge in [-0.2, -0.15) is 0 Å². The Morgan fingerprint density at radius 2 is 1.79 bits per heavy atom. The fourth-order valence-electron chi connectivity index (χ4n) is 0.750. The van der Waals surface area contributed by atoms with E-state index in [2.05, 4.69) is 0 Å². The molecule has 0 fully saturated rings. The second kappa shape index (κ2) is 7.12. The molecule has 0 spiro atoms. The van der Waals surface area contributed by atoms with Crippen molar-refractivity contribution in [1.82, 2.24) is 0 Å². The van der Waals surface area contributed by atoms with E-state index in [-0.39, 0.29) is 5.76 Å². The minimum Gasteiger partial charge on any atom is -0.487 e. The Bertz CT molecular complexity index is 240. The highest BCUT2D eigenvalue weighted by atomic mass is 16.6. The molecule has 0 atom stereocenters. The second-order valence-corrected chi connectivity index (χ2v) is 2.80. The van der Waals surface area contributed by atoms with Gasteiger partial charge in [0.25, 0.3) is 0 Å². The monoisotopic (exact) mass is 200 g/mol. The van der Waals surface area contributed by atoms with Gasteiger partial charge in [-0.1, -0.05) is 0 Å². The molecule has 0 bridgehead atoms. The van der Waals surface area contributed by atoms with E-state index in [1.54, 1.807) is 19.2 Å². The zero-order chi connectivity index (χ0) is 11.0. The van der Waals surface area contributed by atoms with Gasteiger partial charge in [0.2, 0.25) is 5.76 Å². The van der Waals surface area contributed by atoms with Crippen LogP contribution in [-0.4, -0.2) is 44.1 Å². The van der Waals surface area contributed by atoms with Crippen molar-refractivity contribution in [3.05, 3.63) is 11.8 Å². The molecule has 4 nitrogen and oxygen atoms in total. The molecule has 0 rings (SSSR count). The number of carbonyl (C=O) groups is 1. The number of carbonyl (C=O) groups excluding carboxylic acids is 1. The van der Waals surface area contributed by atoms with Crippen LogP contribution in [0.3, 0.4) is 0 Å². The van der Waals surface area contributed by atoms with Crippen molar-refractivity contribution in [2.24, 2.45) is 0 Å². The molecule has 4 heteroatoms. The molecule has 0 radical (unpaired) electrons. The van der Waals surface area contributed by atoms with Crippen LogP contribution in [0.2, 0.25) is 0 Å². The highest BCUT2D eigenvalue weighted by Crippen LogP contribution is 1.99. The van der Waals surface area contributed by atoms with Crippen LogP contribution in [-0.2, 0) is 14.3 Å². The van der Waals surface area contributed by atoms with Crippen LogP contribution in [0.4, 0.5) is 0 Å². The highest BCUT2D eigenvalue weighted by molar-refractivity contribution is 5.90. The van der Waals surface area contributed by atoms with Crippen molar-refractivity contribution < 1.29 is 18.8 Å². The van der Waals surface area contributed by atoms with Crippen LogP contribution in [0.1, 0.15) is 13.8 Å². The van der Waals surface area contributed by atoms with Gasteiger partial charge in [0.1, 0.15) is 14.1 Å². The first-order chi connectivity index (χ1) is 6.61. The highest BCUT2D eigenvalue weighted by Gasteiger charge is 2.10. The van der Waals surface area contributed by atoms with Crippen LogP contribution < -0.4 is 0 Å². The van der Waals surface area contributed by atoms with E-state index in [9.17, 15) is 4.79 Å². The Morgan fingerprint density at radius 3 is 2.21 bits per heavy atom. The third-order valence-electron chi connectivity index (χ3n) is 1.30. The summed E-state index contributed by atoms with van der Waals surface area (Å²) in [6, 6.07) is 0. The molecule has 0 saturated carbocycles. The van der Waals surface area contributed by atoms with Gasteiger partial charge in [0.05, 0.1) is 19.3 Å². The van der Waals surface area contributed by atoms with E-state index in [0.717, 1.165) is 0 Å². The van der Waals surface area contributed by atoms with E-state index < -0.39 is 5.97 Å². The van der Waals surface area contributed by atoms with E-state index in [0.29, 0.717) is 13.2 Å². The van der Waals surface area contributed by atoms with E-state index in [4.69, 9.17) is 9.47 Å². The van der Waals surface area contributed by atoms with E-state index in [1.165, 1.54) is 0 Å². The third kappa shape index (κ3) is 5.35. The first-order valence-corrected chi connectivity index (χ1v) is 4.63. The lowest BCUT2D eigenvalue weighted by molar-refractivity contribution is -0.458. The molecular weight excluding hydrogens is 182 g/mol. The summed E-state index contributed by atoms with van der Waals surface area (Å²) < 4.78 is 11.8. The van der Waals surface area contributed by atoms with E-state index >= 15 is 0 Å². The summed E-state index contributed by atoms with van der Waals surface area (Å²) in [5, 5.41) is 0. The number of allylic oxidation sites excluding steroid dienone is 1. The Kier molecular flexibility index (Phi) is 6.45. The Balaban J connectivity index is 4.49. The number of esters is 1. The van der Waals surface area contributed by atoms with Crippen molar-refractivity contribution in [2.75, 3.05) is 27.3 Å². The molecule has 0 amide bonds. The standard InChI is InChI=1S/C10H18NO3/c1-5-13-9(7-8-11(3)4)10(12)14-6-2/h7-8H,5-6H2,1-4H3/q+1. The molecule has 0 aliphatic carbocycles. The maximum atomic E-state index is 11.3. The smallest absolute Gasteiger partial charge is 0.373 e. The van der Waals surface area contributed by atoms with E-state index in [1.807, 2.05) is 25.6 Å². The number of hydrogen-bond acceptors (Lipinski definition) is 3. The minimum atomic E-state index is -0.424. The Hall–Kier alpha value is -1.32. The normalized spacial score (nSPS) is 10.7. The first-order valence-electron chi connectivity index (χ1n) is 4.63. The molecule has 0 heterocycles. The Labute approximate surface area is 84.8 Å². The predicted octanol–water partition coefficient (Wildman–Crippen LogP) is 0.813. The van der Waals surface area contributed by atoms with Crippen LogP contribution in [0.25, 0.3) is 0 Å². The van der Waals surface area contributed by atoms with Crippen LogP contribution >= 0.6 is 0 Å². The van der Waals surface area contributed by atoms with Crippen LogP contribution in [0.15, 0.2) is 11.8 Å². The number of nitrogens with zero attached hydrogens (tertiary/aromatic N) is 1. The summed E-state index contributed by atoms with van der Waals surface area (Å²) in [6.07, 6.45) is 3.34.